The summed E-state index contributed by atoms with van der Waals surface area (Å²) in [6.07, 6.45) is 0. The number of nitrogens with one attached hydrogen (secondary N) is 1. The molecule has 0 unspecified atom stereocenters. The number of ether oxygens (including phenoxy) is 1. The van der Waals surface area contributed by atoms with Crippen LogP contribution in [0.25, 0.3) is 10.2 Å². The molecule has 1 heterocycles. The summed E-state index contributed by atoms with van der Waals surface area (Å²) >= 11 is 1.59. The van der Waals surface area contributed by atoms with Gasteiger partial charge in [0, 0.05) is 0 Å². The summed E-state index contributed by atoms with van der Waals surface area (Å²) in [5.74, 6) is -0.154. The van der Waals surface area contributed by atoms with Gasteiger partial charge in [0.1, 0.15) is 11.6 Å². The predicted molar refractivity (Wildman–Crippen MR) is 112 cm³/mol. The number of benzene rings is 3. The Kier molecular flexibility index (Phi) is 5.75. The summed E-state index contributed by atoms with van der Waals surface area (Å²) in [7, 11) is 0. The quantitative estimate of drug-likeness (QED) is 0.498. The molecule has 0 aliphatic heterocycles. The molecule has 0 aliphatic rings. The number of amides is 1. The largest absolute Gasteiger partial charge is 0.364 e. The number of thiazole rings is 1. The van der Waals surface area contributed by atoms with E-state index in [2.05, 4.69) is 10.3 Å². The smallest absolute Gasteiger partial charge is 0.246 e. The number of para-hydroxylation sites is 1. The third-order valence-electron chi connectivity index (χ3n) is 4.37. The van der Waals surface area contributed by atoms with Crippen LogP contribution >= 0.6 is 11.3 Å². The number of hydrogen-bond acceptors (Lipinski definition) is 4. The molecule has 0 bridgehead atoms. The standard InChI is InChI=1S/C23H20N2O2S/c26-21(15-27-16-22-24-19-13-7-8-14-20(19)28-22)25-23(17-9-3-1-4-10-17)18-11-5-2-6-12-18/h1-14,23H,15-16H2,(H,25,26). The van der Waals surface area contributed by atoms with Crippen LogP contribution in [0.1, 0.15) is 22.2 Å². The molecule has 0 spiro atoms. The lowest BCUT2D eigenvalue weighted by Crippen LogP contribution is -2.32. The highest BCUT2D eigenvalue weighted by atomic mass is 32.1. The molecular formula is C23H20N2O2S. The fourth-order valence-electron chi connectivity index (χ4n) is 3.07. The second-order valence-electron chi connectivity index (χ2n) is 6.39. The number of aromatic nitrogens is 1. The van der Waals surface area contributed by atoms with Crippen LogP contribution in [0.5, 0.6) is 0 Å². The van der Waals surface area contributed by atoms with Gasteiger partial charge < -0.3 is 10.1 Å². The van der Waals surface area contributed by atoms with Gasteiger partial charge in [0.2, 0.25) is 5.91 Å². The normalized spacial score (nSPS) is 11.0. The zero-order valence-corrected chi connectivity index (χ0v) is 16.1. The Labute approximate surface area is 167 Å². The van der Waals surface area contributed by atoms with Gasteiger partial charge in [0.05, 0.1) is 22.9 Å². The Hall–Kier alpha value is -3.02. The van der Waals surface area contributed by atoms with Gasteiger partial charge in [-0.25, -0.2) is 4.98 Å². The van der Waals surface area contributed by atoms with Gasteiger partial charge in [0.25, 0.3) is 0 Å². The third-order valence-corrected chi connectivity index (χ3v) is 5.38. The van der Waals surface area contributed by atoms with E-state index in [1.165, 1.54) is 0 Å². The van der Waals surface area contributed by atoms with Crippen LogP contribution in [0.15, 0.2) is 84.9 Å². The van der Waals surface area contributed by atoms with Gasteiger partial charge in [-0.2, -0.15) is 0 Å². The first-order valence-corrected chi connectivity index (χ1v) is 9.93. The minimum Gasteiger partial charge on any atom is -0.364 e. The van der Waals surface area contributed by atoms with E-state index in [0.717, 1.165) is 26.4 Å². The van der Waals surface area contributed by atoms with Gasteiger partial charge in [-0.15, -0.1) is 11.3 Å². The van der Waals surface area contributed by atoms with Gasteiger partial charge in [-0.3, -0.25) is 4.79 Å². The lowest BCUT2D eigenvalue weighted by molar-refractivity contribution is -0.126. The van der Waals surface area contributed by atoms with Gasteiger partial charge in [-0.1, -0.05) is 72.8 Å². The van der Waals surface area contributed by atoms with Crippen molar-refractivity contribution in [2.45, 2.75) is 12.6 Å². The van der Waals surface area contributed by atoms with E-state index < -0.39 is 0 Å². The Balaban J connectivity index is 1.39. The van der Waals surface area contributed by atoms with Crippen molar-refractivity contribution < 1.29 is 9.53 Å². The molecule has 4 rings (SSSR count). The topological polar surface area (TPSA) is 51.2 Å². The molecule has 1 amide bonds. The maximum absolute atomic E-state index is 12.5. The van der Waals surface area contributed by atoms with Crippen LogP contribution in [0, 0.1) is 0 Å². The van der Waals surface area contributed by atoms with E-state index in [1.54, 1.807) is 11.3 Å². The Bertz CT molecular complexity index is 975. The summed E-state index contributed by atoms with van der Waals surface area (Å²) < 4.78 is 6.74. The molecule has 28 heavy (non-hydrogen) atoms. The minimum absolute atomic E-state index is 0.00784. The molecule has 0 aliphatic carbocycles. The Morgan fingerprint density at radius 1 is 0.893 bits per heavy atom. The highest BCUT2D eigenvalue weighted by molar-refractivity contribution is 7.18. The van der Waals surface area contributed by atoms with E-state index >= 15 is 0 Å². The molecule has 1 aromatic heterocycles. The second kappa shape index (κ2) is 8.78. The molecular weight excluding hydrogens is 368 g/mol. The van der Waals surface area contributed by atoms with Crippen molar-refractivity contribution in [1.82, 2.24) is 10.3 Å². The zero-order chi connectivity index (χ0) is 19.2. The molecule has 0 fully saturated rings. The van der Waals surface area contributed by atoms with Crippen molar-refractivity contribution in [3.63, 3.8) is 0 Å². The maximum Gasteiger partial charge on any atom is 0.246 e. The van der Waals surface area contributed by atoms with Crippen molar-refractivity contribution in [1.29, 1.82) is 0 Å². The van der Waals surface area contributed by atoms with Crippen LogP contribution in [0.3, 0.4) is 0 Å². The van der Waals surface area contributed by atoms with Gasteiger partial charge in [0.15, 0.2) is 0 Å². The molecule has 5 heteroatoms. The van der Waals surface area contributed by atoms with Gasteiger partial charge in [-0.05, 0) is 23.3 Å². The highest BCUT2D eigenvalue weighted by Crippen LogP contribution is 2.23. The number of carbonyl (C=O) groups excluding carboxylic acids is 1. The number of hydrogen-bond donors (Lipinski definition) is 1. The van der Waals surface area contributed by atoms with Crippen molar-refractivity contribution in [2.75, 3.05) is 6.61 Å². The van der Waals surface area contributed by atoms with E-state index in [1.807, 2.05) is 84.9 Å². The van der Waals surface area contributed by atoms with Crippen LogP contribution < -0.4 is 5.32 Å². The molecule has 1 N–H and O–H groups in total. The summed E-state index contributed by atoms with van der Waals surface area (Å²) in [6, 6.07) is 27.6. The molecule has 4 nitrogen and oxygen atoms in total. The SMILES string of the molecule is O=C(COCc1nc2ccccc2s1)NC(c1ccccc1)c1ccccc1. The summed E-state index contributed by atoms with van der Waals surface area (Å²) in [6.45, 7) is 0.320. The first kappa shape index (κ1) is 18.3. The van der Waals surface area contributed by atoms with Crippen molar-refractivity contribution >= 4 is 27.5 Å². The van der Waals surface area contributed by atoms with Crippen molar-refractivity contribution in [3.05, 3.63) is 101 Å². The van der Waals surface area contributed by atoms with Crippen molar-refractivity contribution in [2.24, 2.45) is 0 Å². The first-order chi connectivity index (χ1) is 13.8. The van der Waals surface area contributed by atoms with E-state index in [9.17, 15) is 4.79 Å². The van der Waals surface area contributed by atoms with E-state index in [0.29, 0.717) is 6.61 Å². The van der Waals surface area contributed by atoms with Crippen LogP contribution in [-0.2, 0) is 16.1 Å². The molecule has 0 saturated heterocycles. The average molecular weight is 388 g/mol. The summed E-state index contributed by atoms with van der Waals surface area (Å²) in [5, 5.41) is 3.95. The van der Waals surface area contributed by atoms with Crippen LogP contribution in [0.2, 0.25) is 0 Å². The lowest BCUT2D eigenvalue weighted by atomic mass is 9.99. The highest BCUT2D eigenvalue weighted by Gasteiger charge is 2.16. The molecule has 4 aromatic rings. The average Bonchev–Trinajstić information content (AvgIpc) is 3.16. The molecule has 0 radical (unpaired) electrons. The predicted octanol–water partition coefficient (Wildman–Crippen LogP) is 4.72. The van der Waals surface area contributed by atoms with E-state index in [4.69, 9.17) is 4.74 Å². The Morgan fingerprint density at radius 2 is 1.50 bits per heavy atom. The number of fused-ring (bicyclic) bond motifs is 1. The second-order valence-corrected chi connectivity index (χ2v) is 7.51. The fourth-order valence-corrected chi connectivity index (χ4v) is 3.97. The van der Waals surface area contributed by atoms with Crippen molar-refractivity contribution in [3.8, 4) is 0 Å². The Morgan fingerprint density at radius 3 is 2.14 bits per heavy atom. The minimum atomic E-state index is -0.207. The summed E-state index contributed by atoms with van der Waals surface area (Å²) in [4.78, 5) is 17.0. The maximum atomic E-state index is 12.5. The summed E-state index contributed by atoms with van der Waals surface area (Å²) in [5.41, 5.74) is 3.03. The van der Waals surface area contributed by atoms with Crippen LogP contribution in [0.4, 0.5) is 0 Å². The number of rotatable bonds is 7. The van der Waals surface area contributed by atoms with Crippen LogP contribution in [-0.4, -0.2) is 17.5 Å². The number of carbonyl (C=O) groups is 1. The first-order valence-electron chi connectivity index (χ1n) is 9.11. The fraction of sp³-hybridized carbons (Fsp3) is 0.130. The third kappa shape index (κ3) is 4.44. The molecule has 140 valence electrons. The molecule has 0 saturated carbocycles. The van der Waals surface area contributed by atoms with E-state index in [-0.39, 0.29) is 18.6 Å². The lowest BCUT2D eigenvalue weighted by Gasteiger charge is -2.19. The number of nitrogens with zero attached hydrogens (tertiary/aromatic N) is 1. The molecule has 0 atom stereocenters. The zero-order valence-electron chi connectivity index (χ0n) is 15.2. The monoisotopic (exact) mass is 388 g/mol. The molecule has 3 aromatic carbocycles. The van der Waals surface area contributed by atoms with Gasteiger partial charge >= 0.3 is 0 Å².